The number of rotatable bonds is 1. The molecule has 0 aromatic rings. The maximum atomic E-state index is 5.87. The molecule has 1 N–H and O–H groups in total. The molecule has 2 heterocycles. The molecule has 3 unspecified atom stereocenters. The van der Waals surface area contributed by atoms with Gasteiger partial charge in [0.25, 0.3) is 0 Å². The smallest absolute Gasteiger partial charge is 0.120 e. The van der Waals surface area contributed by atoms with Gasteiger partial charge < -0.3 is 4.74 Å². The van der Waals surface area contributed by atoms with E-state index in [0.29, 0.717) is 12.0 Å². The summed E-state index contributed by atoms with van der Waals surface area (Å²) in [4.78, 5) is 0. The van der Waals surface area contributed by atoms with E-state index in [9.17, 15) is 0 Å². The lowest BCUT2D eigenvalue weighted by Gasteiger charge is -2.36. The van der Waals surface area contributed by atoms with Crippen molar-refractivity contribution in [2.24, 2.45) is 5.92 Å². The van der Waals surface area contributed by atoms with Crippen LogP contribution in [-0.2, 0) is 4.74 Å². The lowest BCUT2D eigenvalue weighted by molar-refractivity contribution is -0.0389. The first-order valence-corrected chi connectivity index (χ1v) is 6.35. The van der Waals surface area contributed by atoms with Gasteiger partial charge in [-0.05, 0) is 32.4 Å². The van der Waals surface area contributed by atoms with Crippen LogP contribution in [0.2, 0.25) is 0 Å². The lowest BCUT2D eigenvalue weighted by atomic mass is 9.94. The van der Waals surface area contributed by atoms with Crippen LogP contribution in [0.15, 0.2) is 0 Å². The van der Waals surface area contributed by atoms with Gasteiger partial charge in [-0.1, -0.05) is 0 Å². The predicted octanol–water partition coefficient (Wildman–Crippen LogP) is 1.85. The highest BCUT2D eigenvalue weighted by Gasteiger charge is 2.41. The molecule has 2 fully saturated rings. The molecule has 0 radical (unpaired) electrons. The van der Waals surface area contributed by atoms with Crippen molar-refractivity contribution in [2.45, 2.75) is 38.5 Å². The molecule has 3 heteroatoms. The fourth-order valence-electron chi connectivity index (χ4n) is 2.28. The summed E-state index contributed by atoms with van der Waals surface area (Å²) in [6.45, 7) is 5.28. The normalized spacial score (nSPS) is 46.6. The van der Waals surface area contributed by atoms with Gasteiger partial charge in [0, 0.05) is 17.7 Å². The van der Waals surface area contributed by atoms with Crippen LogP contribution in [0.3, 0.4) is 0 Å². The molecule has 2 saturated heterocycles. The molecule has 0 saturated carbocycles. The van der Waals surface area contributed by atoms with E-state index in [4.69, 9.17) is 4.74 Å². The maximum Gasteiger partial charge on any atom is 0.120 e. The van der Waals surface area contributed by atoms with Crippen LogP contribution in [0.25, 0.3) is 0 Å². The first-order valence-electron chi connectivity index (χ1n) is 5.20. The van der Waals surface area contributed by atoms with Gasteiger partial charge in [-0.25, -0.2) is 0 Å². The molecular weight excluding hydrogens is 182 g/mol. The van der Waals surface area contributed by atoms with Crippen molar-refractivity contribution in [3.8, 4) is 0 Å². The third-order valence-corrected chi connectivity index (χ3v) is 4.32. The largest absolute Gasteiger partial charge is 0.359 e. The van der Waals surface area contributed by atoms with Crippen molar-refractivity contribution < 1.29 is 4.74 Å². The third-order valence-electron chi connectivity index (χ3n) is 3.11. The number of hydrogen-bond acceptors (Lipinski definition) is 3. The van der Waals surface area contributed by atoms with Gasteiger partial charge in [-0.3, -0.25) is 5.32 Å². The fourth-order valence-corrected chi connectivity index (χ4v) is 3.59. The van der Waals surface area contributed by atoms with Gasteiger partial charge in [0.2, 0.25) is 0 Å². The Balaban J connectivity index is 1.97. The van der Waals surface area contributed by atoms with Crippen LogP contribution < -0.4 is 5.32 Å². The summed E-state index contributed by atoms with van der Waals surface area (Å²) in [5.74, 6) is 3.30. The highest BCUT2D eigenvalue weighted by molar-refractivity contribution is 7.99. The first-order chi connectivity index (χ1) is 6.21. The van der Waals surface area contributed by atoms with Crippen LogP contribution in [0.1, 0.15) is 26.7 Å². The molecule has 2 aliphatic rings. The van der Waals surface area contributed by atoms with Crippen LogP contribution in [0.5, 0.6) is 0 Å². The van der Waals surface area contributed by atoms with E-state index in [0.717, 1.165) is 6.61 Å². The number of nitrogens with one attached hydrogen (secondary N) is 1. The molecule has 0 bridgehead atoms. The Labute approximate surface area is 84.8 Å². The molecule has 0 amide bonds. The Morgan fingerprint density at radius 1 is 1.54 bits per heavy atom. The summed E-state index contributed by atoms with van der Waals surface area (Å²) in [5.41, 5.74) is -0.0349. The molecular formula is C10H19NOS. The van der Waals surface area contributed by atoms with Crippen molar-refractivity contribution in [1.29, 1.82) is 0 Å². The minimum atomic E-state index is -0.0349. The van der Waals surface area contributed by atoms with Gasteiger partial charge in [0.15, 0.2) is 0 Å². The molecule has 2 nitrogen and oxygen atoms in total. The fraction of sp³-hybridized carbons (Fsp3) is 1.00. The zero-order valence-electron chi connectivity index (χ0n) is 8.51. The molecule has 2 aliphatic heterocycles. The second kappa shape index (κ2) is 3.79. The third kappa shape index (κ3) is 2.03. The Kier molecular flexibility index (Phi) is 2.86. The Morgan fingerprint density at radius 3 is 2.92 bits per heavy atom. The van der Waals surface area contributed by atoms with Crippen molar-refractivity contribution in [3.05, 3.63) is 0 Å². The van der Waals surface area contributed by atoms with Crippen LogP contribution in [0.4, 0.5) is 0 Å². The van der Waals surface area contributed by atoms with Crippen molar-refractivity contribution in [2.75, 3.05) is 18.1 Å². The zero-order chi connectivity index (χ0) is 9.31. The second-order valence-electron chi connectivity index (χ2n) is 4.38. The standard InChI is InChI=1S/C10H19NOS/c1-8-6-12-10(2,11-8)9-4-3-5-13-7-9/h8-9,11H,3-7H2,1-2H3. The van der Waals surface area contributed by atoms with E-state index in [-0.39, 0.29) is 5.72 Å². The van der Waals surface area contributed by atoms with E-state index < -0.39 is 0 Å². The Hall–Kier alpha value is 0.270. The molecule has 0 spiro atoms. The van der Waals surface area contributed by atoms with Crippen molar-refractivity contribution >= 4 is 11.8 Å². The average molecular weight is 201 g/mol. The summed E-state index contributed by atoms with van der Waals surface area (Å²) >= 11 is 2.07. The van der Waals surface area contributed by atoms with Crippen LogP contribution in [0, 0.1) is 5.92 Å². The minimum absolute atomic E-state index is 0.0349. The summed E-state index contributed by atoms with van der Waals surface area (Å²) in [7, 11) is 0. The molecule has 13 heavy (non-hydrogen) atoms. The van der Waals surface area contributed by atoms with Gasteiger partial charge >= 0.3 is 0 Å². The molecule has 0 aliphatic carbocycles. The number of hydrogen-bond donors (Lipinski definition) is 1. The Morgan fingerprint density at radius 2 is 2.38 bits per heavy atom. The second-order valence-corrected chi connectivity index (χ2v) is 5.53. The number of thioether (sulfide) groups is 1. The SMILES string of the molecule is CC1COC(C)(C2CCCSC2)N1. The average Bonchev–Trinajstić information content (AvgIpc) is 2.49. The molecule has 0 aromatic heterocycles. The van der Waals surface area contributed by atoms with Gasteiger partial charge in [0.1, 0.15) is 5.72 Å². The van der Waals surface area contributed by atoms with Crippen LogP contribution >= 0.6 is 11.8 Å². The molecule has 76 valence electrons. The van der Waals surface area contributed by atoms with Gasteiger partial charge in [-0.2, -0.15) is 11.8 Å². The summed E-state index contributed by atoms with van der Waals surface area (Å²) in [6, 6.07) is 0.525. The van der Waals surface area contributed by atoms with Crippen LogP contribution in [-0.4, -0.2) is 29.9 Å². The van der Waals surface area contributed by atoms with Crippen molar-refractivity contribution in [3.63, 3.8) is 0 Å². The van der Waals surface area contributed by atoms with Crippen molar-refractivity contribution in [1.82, 2.24) is 5.32 Å². The highest BCUT2D eigenvalue weighted by atomic mass is 32.2. The summed E-state index contributed by atoms with van der Waals surface area (Å²) < 4.78 is 5.87. The topological polar surface area (TPSA) is 21.3 Å². The quantitative estimate of drug-likeness (QED) is 0.699. The van der Waals surface area contributed by atoms with E-state index >= 15 is 0 Å². The zero-order valence-corrected chi connectivity index (χ0v) is 9.32. The first kappa shape index (κ1) is 9.81. The van der Waals surface area contributed by atoms with Gasteiger partial charge in [-0.15, -0.1) is 0 Å². The van der Waals surface area contributed by atoms with E-state index in [1.807, 2.05) is 0 Å². The molecule has 0 aromatic carbocycles. The maximum absolute atomic E-state index is 5.87. The summed E-state index contributed by atoms with van der Waals surface area (Å²) in [6.07, 6.45) is 2.67. The highest BCUT2D eigenvalue weighted by Crippen LogP contribution is 2.34. The summed E-state index contributed by atoms with van der Waals surface area (Å²) in [5, 5.41) is 3.56. The monoisotopic (exact) mass is 201 g/mol. The van der Waals surface area contributed by atoms with E-state index in [2.05, 4.69) is 30.9 Å². The van der Waals surface area contributed by atoms with Gasteiger partial charge in [0.05, 0.1) is 6.61 Å². The lowest BCUT2D eigenvalue weighted by Crippen LogP contribution is -2.48. The number of ether oxygens (including phenoxy) is 1. The molecule has 3 atom stereocenters. The predicted molar refractivity (Wildman–Crippen MR) is 57.0 cm³/mol. The van der Waals surface area contributed by atoms with E-state index in [1.165, 1.54) is 24.3 Å². The molecule has 2 rings (SSSR count). The minimum Gasteiger partial charge on any atom is -0.359 e. The van der Waals surface area contributed by atoms with E-state index in [1.54, 1.807) is 0 Å². The Bertz CT molecular complexity index is 182.